The molecule has 136 valence electrons. The van der Waals surface area contributed by atoms with E-state index in [0.29, 0.717) is 18.0 Å². The third-order valence-electron chi connectivity index (χ3n) is 4.50. The van der Waals surface area contributed by atoms with E-state index >= 15 is 0 Å². The lowest BCUT2D eigenvalue weighted by Gasteiger charge is -2.34. The molecule has 0 radical (unpaired) electrons. The Hall–Kier alpha value is -2.86. The van der Waals surface area contributed by atoms with Gasteiger partial charge in [0, 0.05) is 6.54 Å². The van der Waals surface area contributed by atoms with Gasteiger partial charge in [0.1, 0.15) is 5.75 Å². The fourth-order valence-corrected chi connectivity index (χ4v) is 3.07. The molecular weight excluding hydrogens is 330 g/mol. The van der Waals surface area contributed by atoms with E-state index in [-0.39, 0.29) is 19.0 Å². The summed E-state index contributed by atoms with van der Waals surface area (Å²) in [5, 5.41) is 0. The molecule has 6 heteroatoms. The van der Waals surface area contributed by atoms with Crippen molar-refractivity contribution < 1.29 is 14.3 Å². The van der Waals surface area contributed by atoms with Gasteiger partial charge >= 0.3 is 0 Å². The Kier molecular flexibility index (Phi) is 5.23. The Labute approximate surface area is 153 Å². The van der Waals surface area contributed by atoms with E-state index in [1.807, 2.05) is 36.2 Å². The maximum absolute atomic E-state index is 12.9. The highest BCUT2D eigenvalue weighted by Crippen LogP contribution is 2.33. The molecule has 0 fully saturated rings. The number of carbonyl (C=O) groups excluding carboxylic acids is 2. The molecule has 0 aromatic heterocycles. The molecule has 26 heavy (non-hydrogen) atoms. The number of aryl methyl sites for hydroxylation is 1. The van der Waals surface area contributed by atoms with Crippen LogP contribution in [0.4, 0.5) is 5.69 Å². The summed E-state index contributed by atoms with van der Waals surface area (Å²) in [6.45, 7) is 3.09. The lowest BCUT2D eigenvalue weighted by Crippen LogP contribution is -2.51. The zero-order chi connectivity index (χ0) is 18.7. The molecule has 0 saturated heterocycles. The highest BCUT2D eigenvalue weighted by Gasteiger charge is 2.32. The fourth-order valence-electron chi connectivity index (χ4n) is 3.07. The van der Waals surface area contributed by atoms with Crippen molar-refractivity contribution in [2.45, 2.75) is 19.6 Å². The second-order valence-corrected chi connectivity index (χ2v) is 6.58. The summed E-state index contributed by atoms with van der Waals surface area (Å²) in [6.07, 6.45) is -0.837. The van der Waals surface area contributed by atoms with Crippen molar-refractivity contribution in [1.82, 2.24) is 4.90 Å². The average molecular weight is 353 g/mol. The minimum Gasteiger partial charge on any atom is -0.477 e. The van der Waals surface area contributed by atoms with Gasteiger partial charge < -0.3 is 15.4 Å². The number of hydrogen-bond acceptors (Lipinski definition) is 4. The number of hydrogen-bond donors (Lipinski definition) is 1. The van der Waals surface area contributed by atoms with Crippen molar-refractivity contribution in [3.8, 4) is 5.75 Å². The Morgan fingerprint density at radius 3 is 2.62 bits per heavy atom. The summed E-state index contributed by atoms with van der Waals surface area (Å²) in [5.41, 5.74) is 8.43. The average Bonchev–Trinajstić information content (AvgIpc) is 2.62. The molecule has 2 aromatic rings. The van der Waals surface area contributed by atoms with E-state index in [4.69, 9.17) is 10.5 Å². The minimum atomic E-state index is -0.837. The predicted octanol–water partition coefficient (Wildman–Crippen LogP) is 1.71. The van der Waals surface area contributed by atoms with Gasteiger partial charge in [-0.1, -0.05) is 36.4 Å². The number of para-hydroxylation sites is 2. The van der Waals surface area contributed by atoms with E-state index in [1.54, 1.807) is 17.0 Å². The zero-order valence-corrected chi connectivity index (χ0v) is 15.0. The number of amides is 2. The number of rotatable bonds is 5. The van der Waals surface area contributed by atoms with Crippen LogP contribution in [0.5, 0.6) is 5.75 Å². The van der Waals surface area contributed by atoms with Crippen molar-refractivity contribution in [2.24, 2.45) is 5.73 Å². The minimum absolute atomic E-state index is 0.0944. The standard InChI is InChI=1S/C20H23N3O3/c1-14-7-3-4-8-15(14)11-22(2)13-19(24)23-12-18(20(21)25)26-17-10-6-5-9-16(17)23/h3-10,18H,11-13H2,1-2H3,(H2,21,25)/t18-/m0/s1. The highest BCUT2D eigenvalue weighted by molar-refractivity contribution is 5.98. The maximum atomic E-state index is 12.9. The lowest BCUT2D eigenvalue weighted by molar-refractivity contribution is -0.125. The predicted molar refractivity (Wildman–Crippen MR) is 99.9 cm³/mol. The van der Waals surface area contributed by atoms with Crippen LogP contribution in [-0.4, -0.2) is 43.0 Å². The quantitative estimate of drug-likeness (QED) is 0.888. The largest absolute Gasteiger partial charge is 0.477 e. The van der Waals surface area contributed by atoms with Crippen molar-refractivity contribution in [3.63, 3.8) is 0 Å². The van der Waals surface area contributed by atoms with E-state index < -0.39 is 12.0 Å². The van der Waals surface area contributed by atoms with Gasteiger partial charge in [-0.15, -0.1) is 0 Å². The molecule has 2 amide bonds. The van der Waals surface area contributed by atoms with Gasteiger partial charge in [-0.25, -0.2) is 0 Å². The molecule has 1 atom stereocenters. The van der Waals surface area contributed by atoms with Gasteiger partial charge in [0.25, 0.3) is 5.91 Å². The highest BCUT2D eigenvalue weighted by atomic mass is 16.5. The Balaban J connectivity index is 1.74. The first-order valence-corrected chi connectivity index (χ1v) is 8.54. The molecule has 6 nitrogen and oxygen atoms in total. The van der Waals surface area contributed by atoms with E-state index in [1.165, 1.54) is 11.1 Å². The molecule has 3 rings (SSSR count). The number of ether oxygens (including phenoxy) is 1. The smallest absolute Gasteiger partial charge is 0.260 e. The number of carbonyl (C=O) groups is 2. The van der Waals surface area contributed by atoms with Crippen LogP contribution in [0.15, 0.2) is 48.5 Å². The monoisotopic (exact) mass is 353 g/mol. The van der Waals surface area contributed by atoms with E-state index in [0.717, 1.165) is 0 Å². The first kappa shape index (κ1) is 17.9. The Morgan fingerprint density at radius 1 is 1.19 bits per heavy atom. The van der Waals surface area contributed by atoms with Crippen LogP contribution in [0.2, 0.25) is 0 Å². The van der Waals surface area contributed by atoms with Gasteiger partial charge in [0.05, 0.1) is 18.8 Å². The lowest BCUT2D eigenvalue weighted by atomic mass is 10.1. The molecule has 0 saturated carbocycles. The molecule has 0 aliphatic carbocycles. The zero-order valence-electron chi connectivity index (χ0n) is 15.0. The summed E-state index contributed by atoms with van der Waals surface area (Å²) in [7, 11) is 1.91. The third-order valence-corrected chi connectivity index (χ3v) is 4.50. The van der Waals surface area contributed by atoms with Crippen molar-refractivity contribution >= 4 is 17.5 Å². The normalized spacial score (nSPS) is 16.1. The van der Waals surface area contributed by atoms with Crippen LogP contribution in [-0.2, 0) is 16.1 Å². The van der Waals surface area contributed by atoms with Crippen LogP contribution in [0.25, 0.3) is 0 Å². The first-order valence-electron chi connectivity index (χ1n) is 8.54. The van der Waals surface area contributed by atoms with Crippen molar-refractivity contribution in [1.29, 1.82) is 0 Å². The fraction of sp³-hybridized carbons (Fsp3) is 0.300. The van der Waals surface area contributed by atoms with Crippen molar-refractivity contribution in [2.75, 3.05) is 25.0 Å². The number of nitrogens with zero attached hydrogens (tertiary/aromatic N) is 2. The number of nitrogens with two attached hydrogens (primary N) is 1. The Morgan fingerprint density at radius 2 is 1.88 bits per heavy atom. The summed E-state index contributed by atoms with van der Waals surface area (Å²) >= 11 is 0. The summed E-state index contributed by atoms with van der Waals surface area (Å²) in [6, 6.07) is 15.3. The molecule has 1 heterocycles. The van der Waals surface area contributed by atoms with Gasteiger partial charge in [-0.3, -0.25) is 14.5 Å². The second kappa shape index (κ2) is 7.58. The van der Waals surface area contributed by atoms with Crippen LogP contribution in [0.1, 0.15) is 11.1 Å². The number of primary amides is 1. The summed E-state index contributed by atoms with van der Waals surface area (Å²) in [4.78, 5) is 28.0. The van der Waals surface area contributed by atoms with Gasteiger partial charge in [0.15, 0.2) is 6.10 Å². The number of likely N-dealkylation sites (N-methyl/N-ethyl adjacent to an activating group) is 1. The second-order valence-electron chi connectivity index (χ2n) is 6.58. The van der Waals surface area contributed by atoms with Crippen LogP contribution in [0, 0.1) is 6.92 Å². The summed E-state index contributed by atoms with van der Waals surface area (Å²) < 4.78 is 5.61. The van der Waals surface area contributed by atoms with Crippen molar-refractivity contribution in [3.05, 3.63) is 59.7 Å². The molecule has 1 aliphatic heterocycles. The van der Waals surface area contributed by atoms with E-state index in [9.17, 15) is 9.59 Å². The molecule has 1 aliphatic rings. The molecule has 0 spiro atoms. The third kappa shape index (κ3) is 3.86. The van der Waals surface area contributed by atoms with Gasteiger partial charge in [0.2, 0.25) is 5.91 Å². The van der Waals surface area contributed by atoms with Gasteiger partial charge in [-0.05, 0) is 37.2 Å². The molecular formula is C20H23N3O3. The van der Waals surface area contributed by atoms with Crippen LogP contribution < -0.4 is 15.4 Å². The molecule has 0 unspecified atom stereocenters. The van der Waals surface area contributed by atoms with Crippen LogP contribution >= 0.6 is 0 Å². The number of fused-ring (bicyclic) bond motifs is 1. The first-order chi connectivity index (χ1) is 12.5. The Bertz CT molecular complexity index is 821. The summed E-state index contributed by atoms with van der Waals surface area (Å²) in [5.74, 6) is -0.175. The molecule has 2 aromatic carbocycles. The number of anilines is 1. The number of benzene rings is 2. The topological polar surface area (TPSA) is 75.9 Å². The van der Waals surface area contributed by atoms with Gasteiger partial charge in [-0.2, -0.15) is 0 Å². The van der Waals surface area contributed by atoms with Crippen LogP contribution in [0.3, 0.4) is 0 Å². The molecule has 0 bridgehead atoms. The van der Waals surface area contributed by atoms with E-state index in [2.05, 4.69) is 19.1 Å². The maximum Gasteiger partial charge on any atom is 0.260 e. The SMILES string of the molecule is Cc1ccccc1CN(C)CC(=O)N1C[C@@H](C(N)=O)Oc2ccccc21. The molecule has 2 N–H and O–H groups in total.